The number of esters is 1. The van der Waals surface area contributed by atoms with Crippen molar-refractivity contribution in [1.82, 2.24) is 0 Å². The summed E-state index contributed by atoms with van der Waals surface area (Å²) < 4.78 is 8.36. The van der Waals surface area contributed by atoms with Crippen molar-refractivity contribution in [3.63, 3.8) is 0 Å². The van der Waals surface area contributed by atoms with Gasteiger partial charge in [-0.2, -0.15) is 0 Å². The van der Waals surface area contributed by atoms with Gasteiger partial charge < -0.3 is 19.7 Å². The molecule has 0 aliphatic carbocycles. The first-order chi connectivity index (χ1) is 6.90. The predicted molar refractivity (Wildman–Crippen MR) is 46.4 cm³/mol. The molecule has 86 valence electrons. The third kappa shape index (κ3) is 2.91. The highest BCUT2D eigenvalue weighted by molar-refractivity contribution is 6.05. The van der Waals surface area contributed by atoms with Crippen LogP contribution in [0, 0.1) is 0 Å². The van der Waals surface area contributed by atoms with Crippen molar-refractivity contribution in [2.24, 2.45) is 0 Å². The van der Waals surface area contributed by atoms with Gasteiger partial charge in [-0.3, -0.25) is 0 Å². The highest BCUT2D eigenvalue weighted by atomic mass is 16.7. The van der Waals surface area contributed by atoms with Crippen LogP contribution in [0.4, 0.5) is 4.79 Å². The van der Waals surface area contributed by atoms with E-state index in [4.69, 9.17) is 10.2 Å². The van der Waals surface area contributed by atoms with Crippen LogP contribution in [0.3, 0.4) is 0 Å². The Morgan fingerprint density at radius 3 is 2.07 bits per heavy atom. The van der Waals surface area contributed by atoms with Crippen LogP contribution < -0.4 is 0 Å². The first kappa shape index (κ1) is 13.4. The van der Waals surface area contributed by atoms with Gasteiger partial charge in [0.15, 0.2) is 0 Å². The quantitative estimate of drug-likeness (QED) is 0.512. The van der Waals surface area contributed by atoms with Gasteiger partial charge in [-0.25, -0.2) is 14.4 Å². The lowest BCUT2D eigenvalue weighted by Crippen LogP contribution is -2.49. The molecular weight excluding hydrogens is 208 g/mol. The smallest absolute Gasteiger partial charge is 0.479 e. The number of methoxy groups -OCH3 is 1. The van der Waals surface area contributed by atoms with E-state index >= 15 is 0 Å². The molecule has 0 bridgehead atoms. The van der Waals surface area contributed by atoms with E-state index in [-0.39, 0.29) is 6.42 Å². The van der Waals surface area contributed by atoms with E-state index in [2.05, 4.69) is 9.47 Å². The standard InChI is InChI=1S/C8H12O7/c1-3-4-8(14-2,5(9)10)6(11)15-7(12)13/h3-4H2,1-2H3,(H,9,10)(H,12,13). The van der Waals surface area contributed by atoms with Gasteiger partial charge in [0.2, 0.25) is 0 Å². The van der Waals surface area contributed by atoms with Crippen molar-refractivity contribution in [3.8, 4) is 0 Å². The molecule has 0 saturated heterocycles. The lowest BCUT2D eigenvalue weighted by Gasteiger charge is -2.23. The zero-order valence-corrected chi connectivity index (χ0v) is 8.35. The molecule has 0 aliphatic rings. The van der Waals surface area contributed by atoms with Crippen LogP contribution in [-0.4, -0.2) is 41.0 Å². The minimum absolute atomic E-state index is 0.162. The van der Waals surface area contributed by atoms with Crippen LogP contribution in [0.2, 0.25) is 0 Å². The molecule has 0 rings (SSSR count). The molecule has 0 heterocycles. The molecule has 2 N–H and O–H groups in total. The molecule has 0 fully saturated rings. The van der Waals surface area contributed by atoms with Crippen LogP contribution in [0.1, 0.15) is 19.8 Å². The average molecular weight is 220 g/mol. The predicted octanol–water partition coefficient (Wildman–Crippen LogP) is 0.477. The third-order valence-corrected chi connectivity index (χ3v) is 1.81. The van der Waals surface area contributed by atoms with Crippen molar-refractivity contribution in [2.45, 2.75) is 25.4 Å². The SMILES string of the molecule is CCCC(OC)(C(=O)O)C(=O)OC(=O)O. The summed E-state index contributed by atoms with van der Waals surface area (Å²) in [5, 5.41) is 17.0. The summed E-state index contributed by atoms with van der Waals surface area (Å²) in [5.41, 5.74) is -2.24. The van der Waals surface area contributed by atoms with Gasteiger partial charge in [-0.1, -0.05) is 13.3 Å². The van der Waals surface area contributed by atoms with Crippen LogP contribution >= 0.6 is 0 Å². The van der Waals surface area contributed by atoms with E-state index in [1.54, 1.807) is 6.92 Å². The van der Waals surface area contributed by atoms with E-state index in [1.165, 1.54) is 0 Å². The molecule has 0 aliphatic heterocycles. The molecule has 0 saturated carbocycles. The van der Waals surface area contributed by atoms with Gasteiger partial charge in [0.1, 0.15) is 0 Å². The van der Waals surface area contributed by atoms with E-state index in [9.17, 15) is 14.4 Å². The van der Waals surface area contributed by atoms with Crippen molar-refractivity contribution in [2.75, 3.05) is 7.11 Å². The van der Waals surface area contributed by atoms with Crippen molar-refractivity contribution < 1.29 is 34.1 Å². The average Bonchev–Trinajstić information content (AvgIpc) is 2.12. The molecule has 0 radical (unpaired) electrons. The first-order valence-electron chi connectivity index (χ1n) is 4.14. The van der Waals surface area contributed by atoms with E-state index in [0.29, 0.717) is 6.42 Å². The largest absolute Gasteiger partial charge is 0.513 e. The van der Waals surface area contributed by atoms with Gasteiger partial charge in [-0.15, -0.1) is 0 Å². The number of carbonyl (C=O) groups is 3. The molecule has 1 atom stereocenters. The Morgan fingerprint density at radius 2 is 1.80 bits per heavy atom. The number of hydrogen-bond acceptors (Lipinski definition) is 5. The van der Waals surface area contributed by atoms with Crippen molar-refractivity contribution in [3.05, 3.63) is 0 Å². The second-order valence-corrected chi connectivity index (χ2v) is 2.74. The third-order valence-electron chi connectivity index (χ3n) is 1.81. The lowest BCUT2D eigenvalue weighted by atomic mass is 9.98. The molecule has 0 aromatic rings. The van der Waals surface area contributed by atoms with Gasteiger partial charge in [0, 0.05) is 7.11 Å². The molecule has 1 unspecified atom stereocenters. The number of hydrogen-bond donors (Lipinski definition) is 2. The minimum Gasteiger partial charge on any atom is -0.479 e. The molecule has 7 nitrogen and oxygen atoms in total. The summed E-state index contributed by atoms with van der Waals surface area (Å²) >= 11 is 0. The highest BCUT2D eigenvalue weighted by Gasteiger charge is 2.48. The Bertz CT molecular complexity index is 272. The molecule has 0 aromatic heterocycles. The zero-order chi connectivity index (χ0) is 12.1. The minimum atomic E-state index is -2.24. The summed E-state index contributed by atoms with van der Waals surface area (Å²) in [6, 6.07) is 0. The molecule has 0 spiro atoms. The number of ether oxygens (including phenoxy) is 2. The number of rotatable bonds is 5. The first-order valence-corrected chi connectivity index (χ1v) is 4.14. The Labute approximate surface area is 85.6 Å². The zero-order valence-electron chi connectivity index (χ0n) is 8.35. The monoisotopic (exact) mass is 220 g/mol. The fourth-order valence-electron chi connectivity index (χ4n) is 1.08. The molecule has 0 amide bonds. The molecule has 0 aromatic carbocycles. The van der Waals surface area contributed by atoms with Gasteiger partial charge >= 0.3 is 18.1 Å². The summed E-state index contributed by atoms with van der Waals surface area (Å²) in [6.45, 7) is 1.63. The maximum atomic E-state index is 11.2. The van der Waals surface area contributed by atoms with Crippen LogP contribution in [0.5, 0.6) is 0 Å². The second-order valence-electron chi connectivity index (χ2n) is 2.74. The Kier molecular flexibility index (Phi) is 4.72. The number of aliphatic carboxylic acids is 1. The molecule has 15 heavy (non-hydrogen) atoms. The van der Waals surface area contributed by atoms with Crippen LogP contribution in [0.25, 0.3) is 0 Å². The normalized spacial score (nSPS) is 14.0. The topological polar surface area (TPSA) is 110 Å². The number of carbonyl (C=O) groups excluding carboxylic acids is 1. The molecular formula is C8H12O7. The summed E-state index contributed by atoms with van der Waals surface area (Å²) in [5.74, 6) is -3.01. The van der Waals surface area contributed by atoms with E-state index in [1.807, 2.05) is 0 Å². The highest BCUT2D eigenvalue weighted by Crippen LogP contribution is 2.20. The number of carboxylic acid groups (broad SMARTS) is 2. The van der Waals surface area contributed by atoms with Gasteiger partial charge in [-0.05, 0) is 6.42 Å². The molecule has 7 heteroatoms. The van der Waals surface area contributed by atoms with Crippen LogP contribution in [-0.2, 0) is 19.1 Å². The van der Waals surface area contributed by atoms with Crippen molar-refractivity contribution >= 4 is 18.1 Å². The van der Waals surface area contributed by atoms with Gasteiger partial charge in [0.05, 0.1) is 0 Å². The van der Waals surface area contributed by atoms with E-state index in [0.717, 1.165) is 7.11 Å². The van der Waals surface area contributed by atoms with Crippen LogP contribution in [0.15, 0.2) is 0 Å². The number of carboxylic acids is 1. The summed E-state index contributed by atoms with van der Waals surface area (Å²) in [4.78, 5) is 32.2. The maximum absolute atomic E-state index is 11.2. The lowest BCUT2D eigenvalue weighted by molar-refractivity contribution is -0.181. The fraction of sp³-hybridized carbons (Fsp3) is 0.625. The van der Waals surface area contributed by atoms with Gasteiger partial charge in [0.25, 0.3) is 5.60 Å². The fourth-order valence-corrected chi connectivity index (χ4v) is 1.08. The Hall–Kier alpha value is -1.63. The maximum Gasteiger partial charge on any atom is 0.513 e. The Morgan fingerprint density at radius 1 is 1.27 bits per heavy atom. The van der Waals surface area contributed by atoms with E-state index < -0.39 is 23.7 Å². The summed E-state index contributed by atoms with van der Waals surface area (Å²) in [6.07, 6.45) is -1.70. The van der Waals surface area contributed by atoms with Crippen molar-refractivity contribution in [1.29, 1.82) is 0 Å². The second kappa shape index (κ2) is 5.30. The summed E-state index contributed by atoms with van der Waals surface area (Å²) in [7, 11) is 1.01. The Balaban J connectivity index is 4.97.